The van der Waals surface area contributed by atoms with E-state index in [0.717, 1.165) is 10.6 Å². The average Bonchev–Trinajstić information content (AvgIpc) is 3.22. The topological polar surface area (TPSA) is 90.0 Å². The Kier molecular flexibility index (Phi) is 4.97. The number of allylic oxidation sites excluding steroid dienone is 5. The van der Waals surface area contributed by atoms with Crippen molar-refractivity contribution in [3.63, 3.8) is 0 Å². The molecule has 0 atom stereocenters. The number of carbonyl (C=O) groups is 4. The van der Waals surface area contributed by atoms with Crippen LogP contribution in [0.5, 0.6) is 0 Å². The highest BCUT2D eigenvalue weighted by molar-refractivity contribution is 6.14. The van der Waals surface area contributed by atoms with Crippen LogP contribution >= 0.6 is 0 Å². The quantitative estimate of drug-likeness (QED) is 0.558. The number of amides is 4. The molecule has 0 radical (unpaired) electrons. The summed E-state index contributed by atoms with van der Waals surface area (Å²) in [5.74, 6) is -1.03. The van der Waals surface area contributed by atoms with Crippen molar-refractivity contribution < 1.29 is 19.2 Å². The number of likely N-dealkylation sites (N-methyl/N-ethyl adjacent to an activating group) is 3. The largest absolute Gasteiger partial charge is 0.392 e. The van der Waals surface area contributed by atoms with E-state index >= 15 is 0 Å². The minimum Gasteiger partial charge on any atom is -0.392 e. The lowest BCUT2D eigenvalue weighted by molar-refractivity contribution is -0.136. The Morgan fingerprint density at radius 1 is 0.821 bits per heavy atom. The van der Waals surface area contributed by atoms with Crippen molar-refractivity contribution in [2.45, 2.75) is 26.2 Å². The fourth-order valence-electron chi connectivity index (χ4n) is 3.57. The van der Waals surface area contributed by atoms with Crippen molar-refractivity contribution in [3.8, 4) is 0 Å². The molecular weight excluding hydrogens is 360 g/mol. The first-order chi connectivity index (χ1) is 13.2. The molecule has 4 amide bonds. The van der Waals surface area contributed by atoms with Crippen LogP contribution in [0.1, 0.15) is 26.2 Å². The molecule has 3 heterocycles. The van der Waals surface area contributed by atoms with E-state index in [-0.39, 0.29) is 36.5 Å². The molecule has 8 nitrogen and oxygen atoms in total. The molecule has 0 spiro atoms. The third-order valence-corrected chi connectivity index (χ3v) is 5.54. The first-order valence-corrected chi connectivity index (χ1v) is 9.03. The Bertz CT molecular complexity index is 922. The number of nitrogens with one attached hydrogen (secondary N) is 1. The van der Waals surface area contributed by atoms with E-state index in [1.807, 2.05) is 13.0 Å². The maximum Gasteiger partial charge on any atom is 0.258 e. The van der Waals surface area contributed by atoms with Crippen LogP contribution in [0.2, 0.25) is 0 Å². The van der Waals surface area contributed by atoms with Crippen LogP contribution in [0.15, 0.2) is 46.0 Å². The predicted molar refractivity (Wildman–Crippen MR) is 102 cm³/mol. The maximum atomic E-state index is 12.8. The summed E-state index contributed by atoms with van der Waals surface area (Å²) >= 11 is 0. The van der Waals surface area contributed by atoms with Gasteiger partial charge in [0.1, 0.15) is 0 Å². The summed E-state index contributed by atoms with van der Waals surface area (Å²) < 4.78 is 0. The molecule has 28 heavy (non-hydrogen) atoms. The zero-order valence-electron chi connectivity index (χ0n) is 16.8. The summed E-state index contributed by atoms with van der Waals surface area (Å²) in [5, 5.41) is 2.99. The molecule has 3 fully saturated rings. The van der Waals surface area contributed by atoms with Crippen LogP contribution in [-0.2, 0) is 19.2 Å². The van der Waals surface area contributed by atoms with E-state index in [1.54, 1.807) is 27.2 Å². The summed E-state index contributed by atoms with van der Waals surface area (Å²) in [6.45, 7) is 1.89. The monoisotopic (exact) mass is 384 g/mol. The standard InChI is InChI=1S/C20H24N4O4/c1-11(21-2)6-7-12-8-15(22(3)18(12)26)13-9-16(23(4)19(13)27)14-10-17(25)24(5)20(14)28/h6-7,21H,8-10H2,1-5H3/b11-6?,12-7?,15-13+,16-14+. The molecule has 3 aliphatic heterocycles. The van der Waals surface area contributed by atoms with Crippen LogP contribution in [0.25, 0.3) is 0 Å². The molecule has 0 saturated carbocycles. The van der Waals surface area contributed by atoms with E-state index in [9.17, 15) is 19.2 Å². The molecule has 3 rings (SSSR count). The van der Waals surface area contributed by atoms with E-state index in [0.29, 0.717) is 34.5 Å². The van der Waals surface area contributed by atoms with Gasteiger partial charge in [-0.05, 0) is 13.0 Å². The van der Waals surface area contributed by atoms with Crippen molar-refractivity contribution in [1.29, 1.82) is 0 Å². The second-order valence-corrected chi connectivity index (χ2v) is 7.16. The normalized spacial score (nSPS) is 28.0. The van der Waals surface area contributed by atoms with Gasteiger partial charge in [-0.3, -0.25) is 24.1 Å². The Hall–Kier alpha value is -3.16. The molecular formula is C20H24N4O4. The van der Waals surface area contributed by atoms with E-state index in [2.05, 4.69) is 5.32 Å². The number of carbonyl (C=O) groups excluding carboxylic acids is 4. The second-order valence-electron chi connectivity index (χ2n) is 7.16. The van der Waals surface area contributed by atoms with Gasteiger partial charge >= 0.3 is 0 Å². The number of hydrogen-bond donors (Lipinski definition) is 1. The van der Waals surface area contributed by atoms with Gasteiger partial charge in [-0.1, -0.05) is 6.08 Å². The van der Waals surface area contributed by atoms with Gasteiger partial charge in [0.05, 0.1) is 6.42 Å². The minimum atomic E-state index is -0.366. The van der Waals surface area contributed by atoms with Gasteiger partial charge in [0, 0.05) is 74.8 Å². The number of nitrogens with zero attached hydrogens (tertiary/aromatic N) is 3. The Morgan fingerprint density at radius 3 is 1.93 bits per heavy atom. The lowest BCUT2D eigenvalue weighted by Gasteiger charge is -2.13. The molecule has 0 unspecified atom stereocenters. The van der Waals surface area contributed by atoms with E-state index < -0.39 is 0 Å². The van der Waals surface area contributed by atoms with Crippen molar-refractivity contribution in [2.24, 2.45) is 0 Å². The van der Waals surface area contributed by atoms with Crippen LogP contribution < -0.4 is 5.32 Å². The lowest BCUT2D eigenvalue weighted by atomic mass is 10.0. The number of imide groups is 1. The summed E-state index contributed by atoms with van der Waals surface area (Å²) in [7, 11) is 6.49. The summed E-state index contributed by atoms with van der Waals surface area (Å²) in [4.78, 5) is 53.6. The lowest BCUT2D eigenvalue weighted by Crippen LogP contribution is -2.25. The molecule has 148 valence electrons. The van der Waals surface area contributed by atoms with Crippen molar-refractivity contribution in [2.75, 3.05) is 28.2 Å². The highest BCUT2D eigenvalue weighted by Gasteiger charge is 2.41. The third-order valence-electron chi connectivity index (χ3n) is 5.54. The van der Waals surface area contributed by atoms with Gasteiger partial charge in [-0.2, -0.15) is 0 Å². The Labute approximate surface area is 163 Å². The van der Waals surface area contributed by atoms with Gasteiger partial charge in [0.15, 0.2) is 0 Å². The summed E-state index contributed by atoms with van der Waals surface area (Å²) in [5.41, 5.74) is 3.55. The minimum absolute atomic E-state index is 0.00108. The first kappa shape index (κ1) is 19.6. The summed E-state index contributed by atoms with van der Waals surface area (Å²) in [6, 6.07) is 0. The number of hydrogen-bond acceptors (Lipinski definition) is 5. The van der Waals surface area contributed by atoms with Crippen molar-refractivity contribution in [1.82, 2.24) is 20.0 Å². The Morgan fingerprint density at radius 2 is 1.36 bits per heavy atom. The highest BCUT2D eigenvalue weighted by Crippen LogP contribution is 2.38. The maximum absolute atomic E-state index is 12.8. The SMILES string of the molecule is CNC(C)=CC=C1C/C(=C2/C/C(=C3/CC(=O)N(C)C3=O)N(C)C2=O)N(C)C1=O. The van der Waals surface area contributed by atoms with Crippen molar-refractivity contribution >= 4 is 23.6 Å². The molecule has 0 aliphatic carbocycles. The summed E-state index contributed by atoms with van der Waals surface area (Å²) in [6.07, 6.45) is 4.17. The Balaban J connectivity index is 1.99. The average molecular weight is 384 g/mol. The van der Waals surface area contributed by atoms with Crippen LogP contribution in [0.3, 0.4) is 0 Å². The molecule has 0 aromatic heterocycles. The predicted octanol–water partition coefficient (Wildman–Crippen LogP) is 0.657. The molecule has 0 bridgehead atoms. The zero-order valence-corrected chi connectivity index (χ0v) is 16.8. The van der Waals surface area contributed by atoms with Gasteiger partial charge in [-0.15, -0.1) is 0 Å². The third kappa shape index (κ3) is 3.04. The van der Waals surface area contributed by atoms with Crippen LogP contribution in [0, 0.1) is 0 Å². The van der Waals surface area contributed by atoms with E-state index in [4.69, 9.17) is 0 Å². The highest BCUT2D eigenvalue weighted by atomic mass is 16.2. The van der Waals surface area contributed by atoms with E-state index in [1.165, 1.54) is 16.8 Å². The first-order valence-electron chi connectivity index (χ1n) is 9.03. The van der Waals surface area contributed by atoms with Gasteiger partial charge in [-0.25, -0.2) is 0 Å². The molecule has 3 aliphatic rings. The second kappa shape index (κ2) is 7.10. The number of rotatable bonds is 2. The van der Waals surface area contributed by atoms with Gasteiger partial charge in [0.25, 0.3) is 17.7 Å². The smallest absolute Gasteiger partial charge is 0.258 e. The fourth-order valence-corrected chi connectivity index (χ4v) is 3.57. The molecule has 3 saturated heterocycles. The van der Waals surface area contributed by atoms with Crippen molar-refractivity contribution in [3.05, 3.63) is 46.0 Å². The fraction of sp³-hybridized carbons (Fsp3) is 0.400. The van der Waals surface area contributed by atoms with Crippen LogP contribution in [-0.4, -0.2) is 66.5 Å². The molecule has 0 aromatic carbocycles. The van der Waals surface area contributed by atoms with Gasteiger partial charge in [0.2, 0.25) is 5.91 Å². The zero-order chi connectivity index (χ0) is 20.7. The van der Waals surface area contributed by atoms with Crippen LogP contribution in [0.4, 0.5) is 0 Å². The molecule has 8 heteroatoms. The number of likely N-dealkylation sites (tertiary alicyclic amines) is 3. The van der Waals surface area contributed by atoms with Gasteiger partial charge < -0.3 is 15.1 Å². The molecule has 0 aromatic rings. The molecule has 1 N–H and O–H groups in total.